The van der Waals surface area contributed by atoms with E-state index in [1.807, 2.05) is 6.92 Å². The monoisotopic (exact) mass is 623 g/mol. The number of hydrogen-bond donors (Lipinski definition) is 1. The quantitative estimate of drug-likeness (QED) is 0.260. The van der Waals surface area contributed by atoms with E-state index in [2.05, 4.69) is 5.32 Å². The number of sulfonamides is 1. The summed E-state index contributed by atoms with van der Waals surface area (Å²) < 4.78 is 69.2. The normalized spacial score (nSPS) is 12.5. The molecule has 3 aromatic rings. The topological polar surface area (TPSA) is 86.8 Å². The molecule has 0 aliphatic rings. The van der Waals surface area contributed by atoms with Gasteiger partial charge in [-0.1, -0.05) is 61.3 Å². The highest BCUT2D eigenvalue weighted by atomic mass is 35.5. The predicted molar refractivity (Wildman–Crippen MR) is 157 cm³/mol. The number of carbonyl (C=O) groups excluding carboxylic acids is 2. The second-order valence-corrected chi connectivity index (χ2v) is 12.0. The first-order chi connectivity index (χ1) is 19.8. The Bertz CT molecular complexity index is 1480. The molecule has 0 fully saturated rings. The molecule has 226 valence electrons. The van der Waals surface area contributed by atoms with E-state index in [1.165, 1.54) is 23.1 Å². The minimum atomic E-state index is -4.75. The number of benzene rings is 3. The second-order valence-electron chi connectivity index (χ2n) is 9.74. The van der Waals surface area contributed by atoms with Crippen molar-refractivity contribution in [2.24, 2.45) is 0 Å². The summed E-state index contributed by atoms with van der Waals surface area (Å²) >= 11 is 6.01. The fraction of sp³-hybridized carbons (Fsp3) is 0.333. The van der Waals surface area contributed by atoms with Crippen molar-refractivity contribution in [3.05, 3.63) is 94.5 Å². The molecular formula is C30H33ClF3N3O4S. The first-order valence-corrected chi connectivity index (χ1v) is 15.2. The maximum absolute atomic E-state index is 14.0. The van der Waals surface area contributed by atoms with Gasteiger partial charge in [0.25, 0.3) is 10.0 Å². The maximum Gasteiger partial charge on any atom is 0.416 e. The van der Waals surface area contributed by atoms with Crippen molar-refractivity contribution in [1.29, 1.82) is 0 Å². The van der Waals surface area contributed by atoms with E-state index < -0.39 is 46.2 Å². The Kier molecular flexibility index (Phi) is 11.0. The molecule has 3 aromatic carbocycles. The molecule has 0 aromatic heterocycles. The molecule has 0 aliphatic carbocycles. The number of aryl methyl sites for hydroxylation is 1. The molecule has 0 saturated carbocycles. The zero-order valence-corrected chi connectivity index (χ0v) is 25.1. The zero-order chi connectivity index (χ0) is 31.1. The van der Waals surface area contributed by atoms with Gasteiger partial charge in [-0.05, 0) is 67.8 Å². The van der Waals surface area contributed by atoms with Crippen LogP contribution >= 0.6 is 11.6 Å². The van der Waals surface area contributed by atoms with Gasteiger partial charge in [-0.2, -0.15) is 13.2 Å². The fourth-order valence-electron chi connectivity index (χ4n) is 4.28. The summed E-state index contributed by atoms with van der Waals surface area (Å²) in [6, 6.07) is 15.2. The van der Waals surface area contributed by atoms with Crippen molar-refractivity contribution in [2.75, 3.05) is 17.4 Å². The van der Waals surface area contributed by atoms with Crippen LogP contribution in [0.1, 0.15) is 43.4 Å². The summed E-state index contributed by atoms with van der Waals surface area (Å²) in [5, 5.41) is 3.24. The minimum Gasteiger partial charge on any atom is -0.354 e. The number of rotatable bonds is 12. The lowest BCUT2D eigenvalue weighted by molar-refractivity contribution is -0.140. The second kappa shape index (κ2) is 14.1. The maximum atomic E-state index is 14.0. The van der Waals surface area contributed by atoms with E-state index in [4.69, 9.17) is 11.6 Å². The molecule has 0 radical (unpaired) electrons. The van der Waals surface area contributed by atoms with Gasteiger partial charge in [0.15, 0.2) is 0 Å². The van der Waals surface area contributed by atoms with Crippen LogP contribution in [0.4, 0.5) is 18.9 Å². The molecule has 7 nitrogen and oxygen atoms in total. The summed E-state index contributed by atoms with van der Waals surface area (Å²) in [4.78, 5) is 28.1. The zero-order valence-electron chi connectivity index (χ0n) is 23.5. The highest BCUT2D eigenvalue weighted by Gasteiger charge is 2.35. The molecular weight excluding hydrogens is 591 g/mol. The number of halogens is 4. The number of carbonyl (C=O) groups is 2. The molecule has 2 amide bonds. The van der Waals surface area contributed by atoms with Crippen LogP contribution in [-0.2, 0) is 32.3 Å². The fourth-order valence-corrected chi connectivity index (χ4v) is 5.81. The lowest BCUT2D eigenvalue weighted by Crippen LogP contribution is -2.52. The van der Waals surface area contributed by atoms with Crippen LogP contribution in [0, 0.1) is 6.92 Å². The van der Waals surface area contributed by atoms with Gasteiger partial charge in [0.05, 0.1) is 16.1 Å². The average Bonchev–Trinajstić information content (AvgIpc) is 2.95. The molecule has 0 bridgehead atoms. The van der Waals surface area contributed by atoms with Gasteiger partial charge in [0, 0.05) is 18.1 Å². The Morgan fingerprint density at radius 1 is 0.976 bits per heavy atom. The van der Waals surface area contributed by atoms with E-state index >= 15 is 0 Å². The van der Waals surface area contributed by atoms with Crippen molar-refractivity contribution >= 4 is 39.1 Å². The van der Waals surface area contributed by atoms with E-state index in [9.17, 15) is 31.2 Å². The van der Waals surface area contributed by atoms with Crippen molar-refractivity contribution in [3.8, 4) is 0 Å². The first kappa shape index (κ1) is 32.9. The van der Waals surface area contributed by atoms with E-state index in [1.54, 1.807) is 50.2 Å². The van der Waals surface area contributed by atoms with Gasteiger partial charge in [-0.3, -0.25) is 13.9 Å². The highest BCUT2D eigenvalue weighted by molar-refractivity contribution is 7.92. The summed E-state index contributed by atoms with van der Waals surface area (Å²) in [5.74, 6) is -1.19. The third-order valence-corrected chi connectivity index (χ3v) is 8.59. The summed E-state index contributed by atoms with van der Waals surface area (Å²) in [6.07, 6.45) is -3.88. The number of hydrogen-bond acceptors (Lipinski definition) is 4. The number of nitrogens with one attached hydrogen (secondary N) is 1. The minimum absolute atomic E-state index is 0.0605. The van der Waals surface area contributed by atoms with Crippen molar-refractivity contribution in [1.82, 2.24) is 10.2 Å². The molecule has 0 heterocycles. The van der Waals surface area contributed by atoms with Gasteiger partial charge < -0.3 is 10.2 Å². The average molecular weight is 624 g/mol. The summed E-state index contributed by atoms with van der Waals surface area (Å²) in [5.41, 5.74) is -0.0104. The van der Waals surface area contributed by atoms with Crippen LogP contribution in [0.3, 0.4) is 0 Å². The largest absolute Gasteiger partial charge is 0.416 e. The van der Waals surface area contributed by atoms with Crippen molar-refractivity contribution in [2.45, 2.75) is 57.3 Å². The molecule has 1 N–H and O–H groups in total. The van der Waals surface area contributed by atoms with E-state index in [-0.39, 0.29) is 23.5 Å². The van der Waals surface area contributed by atoms with Crippen LogP contribution in [-0.4, -0.2) is 44.3 Å². The smallest absolute Gasteiger partial charge is 0.354 e. The number of amides is 2. The van der Waals surface area contributed by atoms with Gasteiger partial charge in [0.2, 0.25) is 11.8 Å². The predicted octanol–water partition coefficient (Wildman–Crippen LogP) is 6.20. The SMILES string of the molecule is CCCNC(=O)C(CC)N(Cc1ccc(Cl)cc1)C(=O)CN(c1cccc(C(F)(F)F)c1)S(=O)(=O)c1ccc(C)cc1. The third kappa shape index (κ3) is 8.25. The summed E-state index contributed by atoms with van der Waals surface area (Å²) in [6.45, 7) is 4.81. The van der Waals surface area contributed by atoms with Crippen molar-refractivity contribution in [3.63, 3.8) is 0 Å². The van der Waals surface area contributed by atoms with Gasteiger partial charge >= 0.3 is 6.18 Å². The molecule has 0 saturated heterocycles. The van der Waals surface area contributed by atoms with Gasteiger partial charge in [-0.15, -0.1) is 0 Å². The molecule has 1 atom stereocenters. The highest BCUT2D eigenvalue weighted by Crippen LogP contribution is 2.33. The molecule has 0 aliphatic heterocycles. The lowest BCUT2D eigenvalue weighted by Gasteiger charge is -2.33. The first-order valence-electron chi connectivity index (χ1n) is 13.4. The van der Waals surface area contributed by atoms with Crippen LogP contribution in [0.2, 0.25) is 5.02 Å². The van der Waals surface area contributed by atoms with Crippen molar-refractivity contribution < 1.29 is 31.2 Å². The Hall–Kier alpha value is -3.57. The summed E-state index contributed by atoms with van der Waals surface area (Å²) in [7, 11) is -4.51. The standard InChI is InChI=1S/C30H33ClF3N3O4S/c1-4-17-35-29(39)27(5-2)36(19-22-11-13-24(31)14-12-22)28(38)20-37(25-8-6-7-23(18-25)30(32,33)34)42(40,41)26-15-9-21(3)10-16-26/h6-16,18,27H,4-5,17,19-20H2,1-3H3,(H,35,39). The van der Waals surface area contributed by atoms with Crippen LogP contribution in [0.25, 0.3) is 0 Å². The molecule has 0 spiro atoms. The van der Waals surface area contributed by atoms with Gasteiger partial charge in [-0.25, -0.2) is 8.42 Å². The Morgan fingerprint density at radius 2 is 1.62 bits per heavy atom. The Morgan fingerprint density at radius 3 is 2.19 bits per heavy atom. The van der Waals surface area contributed by atoms with Crippen LogP contribution in [0.15, 0.2) is 77.7 Å². The third-order valence-electron chi connectivity index (χ3n) is 6.55. The Labute approximate surface area is 249 Å². The van der Waals surface area contributed by atoms with E-state index in [0.717, 1.165) is 17.7 Å². The molecule has 1 unspecified atom stereocenters. The number of nitrogens with zero attached hydrogens (tertiary/aromatic N) is 2. The molecule has 12 heteroatoms. The molecule has 42 heavy (non-hydrogen) atoms. The van der Waals surface area contributed by atoms with Crippen LogP contribution < -0.4 is 9.62 Å². The van der Waals surface area contributed by atoms with Gasteiger partial charge in [0.1, 0.15) is 12.6 Å². The lowest BCUT2D eigenvalue weighted by atomic mass is 10.1. The van der Waals surface area contributed by atoms with E-state index in [0.29, 0.717) is 33.9 Å². The molecule has 3 rings (SSSR count). The number of alkyl halides is 3. The number of anilines is 1. The Balaban J connectivity index is 2.11. The van der Waals surface area contributed by atoms with Crippen LogP contribution in [0.5, 0.6) is 0 Å².